The zero-order valence-electron chi connectivity index (χ0n) is 11.1. The van der Waals surface area contributed by atoms with Crippen molar-refractivity contribution in [3.05, 3.63) is 59.9 Å². The molecule has 3 rings (SSSR count). The number of hydrogen-bond acceptors (Lipinski definition) is 5. The zero-order chi connectivity index (χ0) is 13.8. The largest absolute Gasteiger partial charge is 0.459 e. The predicted octanol–water partition coefficient (Wildman–Crippen LogP) is 4.07. The van der Waals surface area contributed by atoms with Gasteiger partial charge in [0.2, 0.25) is 0 Å². The van der Waals surface area contributed by atoms with Gasteiger partial charge in [0.25, 0.3) is 5.89 Å². The van der Waals surface area contributed by atoms with Gasteiger partial charge in [-0.1, -0.05) is 6.07 Å². The molecule has 0 spiro atoms. The van der Waals surface area contributed by atoms with Gasteiger partial charge in [-0.15, -0.1) is 11.8 Å². The maximum Gasteiger partial charge on any atom is 0.263 e. The average molecular weight is 286 g/mol. The monoisotopic (exact) mass is 286 g/mol. The highest BCUT2D eigenvalue weighted by Gasteiger charge is 2.13. The van der Waals surface area contributed by atoms with Crippen molar-refractivity contribution >= 4 is 11.8 Å². The van der Waals surface area contributed by atoms with Gasteiger partial charge in [0.1, 0.15) is 5.76 Å². The summed E-state index contributed by atoms with van der Waals surface area (Å²) >= 11 is 1.77. The second kappa shape index (κ2) is 5.96. The maximum absolute atomic E-state index is 5.63. The molecule has 3 heterocycles. The van der Waals surface area contributed by atoms with Crippen molar-refractivity contribution in [3.63, 3.8) is 0 Å². The minimum Gasteiger partial charge on any atom is -0.459 e. The lowest BCUT2D eigenvalue weighted by molar-refractivity contribution is 0.500. The third-order valence-corrected chi connectivity index (χ3v) is 3.82. The Hall–Kier alpha value is -2.01. The van der Waals surface area contributed by atoms with Gasteiger partial charge in [-0.05, 0) is 31.2 Å². The van der Waals surface area contributed by atoms with Crippen LogP contribution in [-0.4, -0.2) is 9.97 Å². The molecule has 0 aliphatic heterocycles. The Morgan fingerprint density at radius 2 is 2.10 bits per heavy atom. The molecular formula is C15H14N2O2S. The SMILES string of the molecule is Cc1oc(-c2ccco2)nc1CSCc1ccccn1. The molecule has 3 aromatic rings. The number of thioether (sulfide) groups is 1. The molecule has 0 saturated carbocycles. The summed E-state index contributed by atoms with van der Waals surface area (Å²) in [6.45, 7) is 1.93. The summed E-state index contributed by atoms with van der Waals surface area (Å²) in [5, 5.41) is 0. The molecule has 20 heavy (non-hydrogen) atoms. The predicted molar refractivity (Wildman–Crippen MR) is 78.2 cm³/mol. The van der Waals surface area contributed by atoms with Crippen LogP contribution in [0.25, 0.3) is 11.7 Å². The highest BCUT2D eigenvalue weighted by atomic mass is 32.2. The Balaban J connectivity index is 1.63. The van der Waals surface area contributed by atoms with Gasteiger partial charge in [0.15, 0.2) is 5.76 Å². The molecule has 0 N–H and O–H groups in total. The van der Waals surface area contributed by atoms with E-state index in [0.29, 0.717) is 11.7 Å². The third kappa shape index (κ3) is 2.93. The van der Waals surface area contributed by atoms with E-state index in [4.69, 9.17) is 8.83 Å². The molecule has 0 amide bonds. The molecule has 5 heteroatoms. The minimum absolute atomic E-state index is 0.543. The number of hydrogen-bond donors (Lipinski definition) is 0. The first-order chi connectivity index (χ1) is 9.83. The van der Waals surface area contributed by atoms with Gasteiger partial charge in [-0.25, -0.2) is 4.98 Å². The van der Waals surface area contributed by atoms with E-state index >= 15 is 0 Å². The Kier molecular flexibility index (Phi) is 3.87. The van der Waals surface area contributed by atoms with Crippen molar-refractivity contribution in [2.45, 2.75) is 18.4 Å². The standard InChI is InChI=1S/C15H14N2O2S/c1-11-13(10-20-9-12-5-2-3-7-16-12)17-15(19-11)14-6-4-8-18-14/h2-8H,9-10H2,1H3. The topological polar surface area (TPSA) is 52.1 Å². The summed E-state index contributed by atoms with van der Waals surface area (Å²) in [5.41, 5.74) is 2.03. The van der Waals surface area contributed by atoms with Gasteiger partial charge >= 0.3 is 0 Å². The second-order valence-electron chi connectivity index (χ2n) is 4.31. The minimum atomic E-state index is 0.543. The van der Waals surface area contributed by atoms with E-state index in [0.717, 1.165) is 28.7 Å². The van der Waals surface area contributed by atoms with Crippen LogP contribution in [0.15, 0.2) is 51.6 Å². The summed E-state index contributed by atoms with van der Waals surface area (Å²) in [6, 6.07) is 9.61. The number of aryl methyl sites for hydroxylation is 1. The molecule has 3 aromatic heterocycles. The van der Waals surface area contributed by atoms with E-state index in [-0.39, 0.29) is 0 Å². The van der Waals surface area contributed by atoms with Crippen LogP contribution in [0.5, 0.6) is 0 Å². The van der Waals surface area contributed by atoms with E-state index in [9.17, 15) is 0 Å². The zero-order valence-corrected chi connectivity index (χ0v) is 11.9. The Morgan fingerprint density at radius 3 is 2.85 bits per heavy atom. The number of furan rings is 1. The number of pyridine rings is 1. The first kappa shape index (κ1) is 13.0. The normalized spacial score (nSPS) is 10.8. The maximum atomic E-state index is 5.63. The van der Waals surface area contributed by atoms with Crippen molar-refractivity contribution in [2.75, 3.05) is 0 Å². The van der Waals surface area contributed by atoms with Crippen LogP contribution in [0.2, 0.25) is 0 Å². The molecule has 0 aliphatic carbocycles. The summed E-state index contributed by atoms with van der Waals surface area (Å²) in [7, 11) is 0. The van der Waals surface area contributed by atoms with Crippen molar-refractivity contribution < 1.29 is 8.83 Å². The summed E-state index contributed by atoms with van der Waals surface area (Å²) in [4.78, 5) is 8.78. The Morgan fingerprint density at radius 1 is 1.15 bits per heavy atom. The van der Waals surface area contributed by atoms with E-state index < -0.39 is 0 Å². The molecule has 0 unspecified atom stereocenters. The lowest BCUT2D eigenvalue weighted by Gasteiger charge is -1.99. The van der Waals surface area contributed by atoms with Crippen LogP contribution >= 0.6 is 11.8 Å². The van der Waals surface area contributed by atoms with Crippen molar-refractivity contribution in [1.82, 2.24) is 9.97 Å². The third-order valence-electron chi connectivity index (χ3n) is 2.84. The molecule has 4 nitrogen and oxygen atoms in total. The smallest absolute Gasteiger partial charge is 0.263 e. The van der Waals surface area contributed by atoms with Crippen LogP contribution in [0, 0.1) is 6.92 Å². The van der Waals surface area contributed by atoms with E-state index in [2.05, 4.69) is 9.97 Å². The fourth-order valence-corrected chi connectivity index (χ4v) is 2.75. The Labute approximate surface area is 121 Å². The van der Waals surface area contributed by atoms with Gasteiger partial charge < -0.3 is 8.83 Å². The number of nitrogens with zero attached hydrogens (tertiary/aromatic N) is 2. The van der Waals surface area contributed by atoms with E-state index in [1.54, 1.807) is 18.0 Å². The lowest BCUT2D eigenvalue weighted by atomic mass is 10.4. The fraction of sp³-hybridized carbons (Fsp3) is 0.200. The molecule has 0 radical (unpaired) electrons. The van der Waals surface area contributed by atoms with Crippen LogP contribution < -0.4 is 0 Å². The fourth-order valence-electron chi connectivity index (χ4n) is 1.80. The highest BCUT2D eigenvalue weighted by molar-refractivity contribution is 7.97. The molecule has 102 valence electrons. The first-order valence-electron chi connectivity index (χ1n) is 6.31. The number of aromatic nitrogens is 2. The average Bonchev–Trinajstić information content (AvgIpc) is 3.10. The molecular weight excluding hydrogens is 272 g/mol. The van der Waals surface area contributed by atoms with E-state index in [1.807, 2.05) is 43.5 Å². The van der Waals surface area contributed by atoms with Crippen molar-refractivity contribution in [2.24, 2.45) is 0 Å². The van der Waals surface area contributed by atoms with Gasteiger partial charge in [0.05, 0.1) is 17.7 Å². The lowest BCUT2D eigenvalue weighted by Crippen LogP contribution is -1.88. The number of oxazole rings is 1. The summed E-state index contributed by atoms with van der Waals surface area (Å²) in [5.74, 6) is 3.70. The second-order valence-corrected chi connectivity index (χ2v) is 5.30. The van der Waals surface area contributed by atoms with E-state index in [1.165, 1.54) is 0 Å². The van der Waals surface area contributed by atoms with Crippen LogP contribution in [0.4, 0.5) is 0 Å². The van der Waals surface area contributed by atoms with Crippen molar-refractivity contribution in [3.8, 4) is 11.7 Å². The quantitative estimate of drug-likeness (QED) is 0.707. The Bertz CT molecular complexity index is 663. The van der Waals surface area contributed by atoms with Crippen molar-refractivity contribution in [1.29, 1.82) is 0 Å². The highest BCUT2D eigenvalue weighted by Crippen LogP contribution is 2.25. The van der Waals surface area contributed by atoms with Gasteiger partial charge in [0, 0.05) is 17.7 Å². The summed E-state index contributed by atoms with van der Waals surface area (Å²) in [6.07, 6.45) is 3.43. The number of rotatable bonds is 5. The molecule has 0 bridgehead atoms. The van der Waals surface area contributed by atoms with Gasteiger partial charge in [-0.3, -0.25) is 4.98 Å². The molecule has 0 fully saturated rings. The van der Waals surface area contributed by atoms with Crippen LogP contribution in [0.3, 0.4) is 0 Å². The summed E-state index contributed by atoms with van der Waals surface area (Å²) < 4.78 is 10.9. The molecule has 0 aromatic carbocycles. The molecule has 0 atom stereocenters. The molecule has 0 aliphatic rings. The van der Waals surface area contributed by atoms with Crippen LogP contribution in [0.1, 0.15) is 17.1 Å². The molecule has 0 saturated heterocycles. The first-order valence-corrected chi connectivity index (χ1v) is 7.46. The van der Waals surface area contributed by atoms with Crippen LogP contribution in [-0.2, 0) is 11.5 Å². The van der Waals surface area contributed by atoms with Gasteiger partial charge in [-0.2, -0.15) is 0 Å².